The van der Waals surface area contributed by atoms with Gasteiger partial charge in [-0.15, -0.1) is 0 Å². The van der Waals surface area contributed by atoms with Gasteiger partial charge >= 0.3 is 0 Å². The van der Waals surface area contributed by atoms with Crippen LogP contribution >= 0.6 is 0 Å². The molecule has 1 aliphatic carbocycles. The standard InChI is InChI=1S/C16H28N2O2/c1-16(2,3)14-15(20)18(11-13(19)17-14)10-6-9-12-7-4-5-8-12/h12,14H,4-11H2,1-3H3,(H,17,19). The maximum absolute atomic E-state index is 12.5. The molecule has 1 saturated heterocycles. The number of nitrogens with one attached hydrogen (secondary N) is 1. The number of rotatable bonds is 4. The minimum atomic E-state index is -0.379. The molecule has 0 aromatic heterocycles. The van der Waals surface area contributed by atoms with Crippen LogP contribution in [0.3, 0.4) is 0 Å². The number of amides is 2. The highest BCUT2D eigenvalue weighted by atomic mass is 16.2. The summed E-state index contributed by atoms with van der Waals surface area (Å²) < 4.78 is 0. The SMILES string of the molecule is CC(C)(C)C1NC(=O)CN(CCCC2CCCC2)C1=O. The molecule has 0 spiro atoms. The van der Waals surface area contributed by atoms with Crippen LogP contribution in [0.15, 0.2) is 0 Å². The largest absolute Gasteiger partial charge is 0.342 e. The van der Waals surface area contributed by atoms with Gasteiger partial charge in [0.2, 0.25) is 11.8 Å². The van der Waals surface area contributed by atoms with Gasteiger partial charge in [0.05, 0.1) is 6.54 Å². The summed E-state index contributed by atoms with van der Waals surface area (Å²) in [6, 6.07) is -0.379. The van der Waals surface area contributed by atoms with Crippen LogP contribution in [-0.4, -0.2) is 35.8 Å². The first-order valence-electron chi connectivity index (χ1n) is 7.96. The first-order chi connectivity index (χ1) is 9.38. The lowest BCUT2D eigenvalue weighted by atomic mass is 9.84. The number of hydrogen-bond donors (Lipinski definition) is 1. The van der Waals surface area contributed by atoms with E-state index in [1.165, 1.54) is 32.1 Å². The molecule has 1 saturated carbocycles. The van der Waals surface area contributed by atoms with Crippen LogP contribution in [-0.2, 0) is 9.59 Å². The second-order valence-corrected chi connectivity index (χ2v) is 7.42. The van der Waals surface area contributed by atoms with Crippen molar-refractivity contribution in [3.05, 3.63) is 0 Å². The van der Waals surface area contributed by atoms with E-state index in [4.69, 9.17) is 0 Å². The summed E-state index contributed by atoms with van der Waals surface area (Å²) in [7, 11) is 0. The molecule has 1 unspecified atom stereocenters. The molecule has 0 radical (unpaired) electrons. The zero-order chi connectivity index (χ0) is 14.8. The van der Waals surface area contributed by atoms with Crippen LogP contribution in [0.4, 0.5) is 0 Å². The van der Waals surface area contributed by atoms with Crippen LogP contribution in [0.25, 0.3) is 0 Å². The molecule has 2 rings (SSSR count). The monoisotopic (exact) mass is 280 g/mol. The van der Waals surface area contributed by atoms with Gasteiger partial charge < -0.3 is 10.2 Å². The van der Waals surface area contributed by atoms with Gasteiger partial charge in [0.25, 0.3) is 0 Å². The molecule has 2 aliphatic rings. The molecule has 114 valence electrons. The zero-order valence-corrected chi connectivity index (χ0v) is 13.1. The van der Waals surface area contributed by atoms with Gasteiger partial charge in [-0.25, -0.2) is 0 Å². The van der Waals surface area contributed by atoms with Gasteiger partial charge in [0.15, 0.2) is 0 Å². The van der Waals surface area contributed by atoms with E-state index >= 15 is 0 Å². The van der Waals surface area contributed by atoms with E-state index in [-0.39, 0.29) is 29.8 Å². The van der Waals surface area contributed by atoms with Gasteiger partial charge in [-0.3, -0.25) is 9.59 Å². The summed E-state index contributed by atoms with van der Waals surface area (Å²) in [5.41, 5.74) is -0.225. The van der Waals surface area contributed by atoms with E-state index in [1.807, 2.05) is 20.8 Å². The molecule has 4 heteroatoms. The Labute approximate surface area is 122 Å². The molecule has 2 fully saturated rings. The van der Waals surface area contributed by atoms with Crippen molar-refractivity contribution < 1.29 is 9.59 Å². The lowest BCUT2D eigenvalue weighted by molar-refractivity contribution is -0.147. The molecule has 0 aromatic rings. The Morgan fingerprint density at radius 2 is 1.85 bits per heavy atom. The Balaban J connectivity index is 1.86. The Bertz CT molecular complexity index is 367. The number of nitrogens with zero attached hydrogens (tertiary/aromatic N) is 1. The van der Waals surface area contributed by atoms with Gasteiger partial charge in [-0.2, -0.15) is 0 Å². The lowest BCUT2D eigenvalue weighted by Gasteiger charge is -2.39. The van der Waals surface area contributed by atoms with Crippen molar-refractivity contribution >= 4 is 11.8 Å². The molecule has 0 aromatic carbocycles. The van der Waals surface area contributed by atoms with Gasteiger partial charge in [0, 0.05) is 6.54 Å². The number of carbonyl (C=O) groups is 2. The fourth-order valence-electron chi connectivity index (χ4n) is 3.35. The molecule has 1 heterocycles. The Hall–Kier alpha value is -1.06. The van der Waals surface area contributed by atoms with Crippen LogP contribution in [0.5, 0.6) is 0 Å². The highest BCUT2D eigenvalue weighted by molar-refractivity contribution is 5.95. The summed E-state index contributed by atoms with van der Waals surface area (Å²) in [5.74, 6) is 0.913. The molecule has 1 N–H and O–H groups in total. The first kappa shape index (κ1) is 15.3. The maximum Gasteiger partial charge on any atom is 0.246 e. The third kappa shape index (κ3) is 3.74. The minimum absolute atomic E-state index is 0.0228. The summed E-state index contributed by atoms with van der Waals surface area (Å²) in [6.45, 7) is 6.96. The quantitative estimate of drug-likeness (QED) is 0.859. The third-order valence-corrected chi connectivity index (χ3v) is 4.58. The highest BCUT2D eigenvalue weighted by Crippen LogP contribution is 2.29. The van der Waals surface area contributed by atoms with Crippen molar-refractivity contribution in [2.24, 2.45) is 11.3 Å². The molecule has 2 amide bonds. The first-order valence-corrected chi connectivity index (χ1v) is 7.96. The van der Waals surface area contributed by atoms with Crippen LogP contribution in [0, 0.1) is 11.3 Å². The smallest absolute Gasteiger partial charge is 0.246 e. The minimum Gasteiger partial charge on any atom is -0.342 e. The number of piperazine rings is 1. The molecule has 4 nitrogen and oxygen atoms in total. The molecule has 0 bridgehead atoms. The molecule has 1 atom stereocenters. The normalized spacial score (nSPS) is 25.1. The average molecular weight is 280 g/mol. The van der Waals surface area contributed by atoms with Crippen molar-refractivity contribution in [1.29, 1.82) is 0 Å². The summed E-state index contributed by atoms with van der Waals surface area (Å²) >= 11 is 0. The topological polar surface area (TPSA) is 49.4 Å². The Kier molecular flexibility index (Phi) is 4.71. The van der Waals surface area contributed by atoms with Crippen molar-refractivity contribution in [3.8, 4) is 0 Å². The zero-order valence-electron chi connectivity index (χ0n) is 13.1. The van der Waals surface area contributed by atoms with Crippen molar-refractivity contribution in [2.45, 2.75) is 65.3 Å². The van der Waals surface area contributed by atoms with E-state index in [0.29, 0.717) is 0 Å². The average Bonchev–Trinajstić information content (AvgIpc) is 2.84. The highest BCUT2D eigenvalue weighted by Gasteiger charge is 2.39. The van der Waals surface area contributed by atoms with Crippen LogP contribution in [0.1, 0.15) is 59.3 Å². The molecule has 20 heavy (non-hydrogen) atoms. The van der Waals surface area contributed by atoms with Gasteiger partial charge in [-0.05, 0) is 24.2 Å². The van der Waals surface area contributed by atoms with Crippen molar-refractivity contribution in [1.82, 2.24) is 10.2 Å². The molecular weight excluding hydrogens is 252 g/mol. The molecule has 1 aliphatic heterocycles. The second kappa shape index (κ2) is 6.15. The van der Waals surface area contributed by atoms with Crippen LogP contribution < -0.4 is 5.32 Å². The summed E-state index contributed by atoms with van der Waals surface area (Å²) in [5, 5.41) is 2.84. The third-order valence-electron chi connectivity index (χ3n) is 4.58. The van der Waals surface area contributed by atoms with Gasteiger partial charge in [-0.1, -0.05) is 46.5 Å². The molecular formula is C16H28N2O2. The number of hydrogen-bond acceptors (Lipinski definition) is 2. The fraction of sp³-hybridized carbons (Fsp3) is 0.875. The van der Waals surface area contributed by atoms with E-state index in [2.05, 4.69) is 5.32 Å². The van der Waals surface area contributed by atoms with Crippen LogP contribution in [0.2, 0.25) is 0 Å². The predicted molar refractivity (Wildman–Crippen MR) is 79.2 cm³/mol. The van der Waals surface area contributed by atoms with Crippen molar-refractivity contribution in [2.75, 3.05) is 13.1 Å². The van der Waals surface area contributed by atoms with Crippen molar-refractivity contribution in [3.63, 3.8) is 0 Å². The number of carbonyl (C=O) groups excluding carboxylic acids is 2. The van der Waals surface area contributed by atoms with Gasteiger partial charge in [0.1, 0.15) is 6.04 Å². The van der Waals surface area contributed by atoms with E-state index < -0.39 is 0 Å². The fourth-order valence-corrected chi connectivity index (χ4v) is 3.35. The maximum atomic E-state index is 12.5. The predicted octanol–water partition coefficient (Wildman–Crippen LogP) is 2.33. The van der Waals surface area contributed by atoms with E-state index in [0.717, 1.165) is 18.9 Å². The summed E-state index contributed by atoms with van der Waals surface area (Å²) in [4.78, 5) is 26.0. The second-order valence-electron chi connectivity index (χ2n) is 7.42. The Morgan fingerprint density at radius 1 is 1.20 bits per heavy atom. The Morgan fingerprint density at radius 3 is 2.45 bits per heavy atom. The van der Waals surface area contributed by atoms with E-state index in [9.17, 15) is 9.59 Å². The lowest BCUT2D eigenvalue weighted by Crippen LogP contribution is -2.62. The van der Waals surface area contributed by atoms with E-state index in [1.54, 1.807) is 4.90 Å². The summed E-state index contributed by atoms with van der Waals surface area (Å²) in [6.07, 6.45) is 7.65.